The molecule has 1 fully saturated rings. The third-order valence-corrected chi connectivity index (χ3v) is 6.15. The molecule has 7 heteroatoms. The number of benzene rings is 2. The Bertz CT molecular complexity index is 913. The van der Waals surface area contributed by atoms with Crippen molar-refractivity contribution < 1.29 is 31.1 Å². The lowest BCUT2D eigenvalue weighted by Crippen LogP contribution is -2.14. The SMILES string of the molecule is CCCCC[C@H]1CC[C@H](c2cc(F)c(-c3cc(F)c(OC=C(F)F)c(F)c3)c(F)c2)CC1. The number of halogens is 6. The molecule has 174 valence electrons. The summed E-state index contributed by atoms with van der Waals surface area (Å²) in [6, 6.07) is 3.76. The van der Waals surface area contributed by atoms with E-state index < -0.39 is 40.7 Å². The molecule has 1 aliphatic carbocycles. The molecule has 0 bridgehead atoms. The molecule has 0 N–H and O–H groups in total. The van der Waals surface area contributed by atoms with Gasteiger partial charge in [-0.1, -0.05) is 32.6 Å². The van der Waals surface area contributed by atoms with Crippen molar-refractivity contribution in [1.82, 2.24) is 0 Å². The largest absolute Gasteiger partial charge is 0.453 e. The van der Waals surface area contributed by atoms with E-state index in [2.05, 4.69) is 11.7 Å². The van der Waals surface area contributed by atoms with Gasteiger partial charge in [0, 0.05) is 0 Å². The van der Waals surface area contributed by atoms with E-state index in [4.69, 9.17) is 0 Å². The highest BCUT2D eigenvalue weighted by atomic mass is 19.3. The Morgan fingerprint density at radius 3 is 2.00 bits per heavy atom. The lowest BCUT2D eigenvalue weighted by molar-refractivity contribution is 0.302. The first-order chi connectivity index (χ1) is 15.3. The summed E-state index contributed by atoms with van der Waals surface area (Å²) in [4.78, 5) is 0. The molecule has 0 amide bonds. The number of rotatable bonds is 8. The van der Waals surface area contributed by atoms with Crippen molar-refractivity contribution in [2.24, 2.45) is 5.92 Å². The zero-order chi connectivity index (χ0) is 23.3. The molecule has 1 saturated carbocycles. The van der Waals surface area contributed by atoms with E-state index in [1.165, 1.54) is 37.8 Å². The van der Waals surface area contributed by atoms with Crippen molar-refractivity contribution in [1.29, 1.82) is 0 Å². The predicted octanol–water partition coefficient (Wildman–Crippen LogP) is 8.88. The standard InChI is InChI=1S/C25H26F6O/c1-2-3-4-5-15-6-8-16(9-7-15)17-10-19(26)24(20(27)11-17)18-12-21(28)25(22(29)13-18)32-14-23(30)31/h10-16H,2-9H2,1H3/t15-,16-. The lowest BCUT2D eigenvalue weighted by atomic mass is 9.77. The van der Waals surface area contributed by atoms with Gasteiger partial charge in [0.2, 0.25) is 0 Å². The quantitative estimate of drug-likeness (QED) is 0.219. The van der Waals surface area contributed by atoms with E-state index in [-0.39, 0.29) is 17.7 Å². The van der Waals surface area contributed by atoms with Crippen LogP contribution in [-0.2, 0) is 0 Å². The fraction of sp³-hybridized carbons (Fsp3) is 0.440. The Labute approximate surface area is 184 Å². The van der Waals surface area contributed by atoms with Gasteiger partial charge in [0.25, 0.3) is 0 Å². The summed E-state index contributed by atoms with van der Waals surface area (Å²) >= 11 is 0. The minimum atomic E-state index is -2.28. The van der Waals surface area contributed by atoms with Gasteiger partial charge in [-0.05, 0) is 72.9 Å². The fourth-order valence-electron chi connectivity index (χ4n) is 4.49. The minimum Gasteiger partial charge on any atom is -0.453 e. The lowest BCUT2D eigenvalue weighted by Gasteiger charge is -2.29. The summed E-state index contributed by atoms with van der Waals surface area (Å²) in [7, 11) is 0. The highest BCUT2D eigenvalue weighted by molar-refractivity contribution is 5.66. The Hall–Kier alpha value is -2.44. The molecular weight excluding hydrogens is 430 g/mol. The summed E-state index contributed by atoms with van der Waals surface area (Å²) in [5, 5.41) is 0. The second kappa shape index (κ2) is 10.9. The van der Waals surface area contributed by atoms with E-state index in [0.717, 1.165) is 25.7 Å². The second-order valence-electron chi connectivity index (χ2n) is 8.37. The molecule has 1 aliphatic rings. The summed E-state index contributed by atoms with van der Waals surface area (Å²) < 4.78 is 86.4. The van der Waals surface area contributed by atoms with Gasteiger partial charge in [-0.2, -0.15) is 8.78 Å². The maximum Gasteiger partial charge on any atom is 0.305 e. The Kier molecular flexibility index (Phi) is 8.26. The van der Waals surface area contributed by atoms with Gasteiger partial charge in [-0.25, -0.2) is 17.6 Å². The molecule has 0 aromatic heterocycles. The highest BCUT2D eigenvalue weighted by Gasteiger charge is 2.25. The van der Waals surface area contributed by atoms with Crippen molar-refractivity contribution in [3.05, 3.63) is 65.4 Å². The number of hydrogen-bond acceptors (Lipinski definition) is 1. The monoisotopic (exact) mass is 456 g/mol. The number of ether oxygens (including phenoxy) is 1. The third-order valence-electron chi connectivity index (χ3n) is 6.15. The molecule has 2 aromatic carbocycles. The van der Waals surface area contributed by atoms with Crippen LogP contribution in [0.5, 0.6) is 5.75 Å². The van der Waals surface area contributed by atoms with E-state index in [9.17, 15) is 26.3 Å². The minimum absolute atomic E-state index is 0.0436. The normalized spacial score (nSPS) is 18.5. The molecule has 0 atom stereocenters. The number of unbranched alkanes of at least 4 members (excludes halogenated alkanes) is 2. The summed E-state index contributed by atoms with van der Waals surface area (Å²) in [5.74, 6) is -4.92. The van der Waals surface area contributed by atoms with Gasteiger partial charge in [0.15, 0.2) is 23.6 Å². The maximum absolute atomic E-state index is 14.8. The average Bonchev–Trinajstić information content (AvgIpc) is 2.73. The smallest absolute Gasteiger partial charge is 0.305 e. The van der Waals surface area contributed by atoms with Crippen molar-refractivity contribution in [2.45, 2.75) is 64.2 Å². The third kappa shape index (κ3) is 5.87. The summed E-state index contributed by atoms with van der Waals surface area (Å²) in [6.07, 6.45) is 6.13. The van der Waals surface area contributed by atoms with Crippen molar-refractivity contribution >= 4 is 0 Å². The molecule has 0 heterocycles. The van der Waals surface area contributed by atoms with Crippen LogP contribution in [0.15, 0.2) is 36.6 Å². The average molecular weight is 456 g/mol. The molecule has 32 heavy (non-hydrogen) atoms. The first-order valence-electron chi connectivity index (χ1n) is 11.0. The first kappa shape index (κ1) is 24.2. The Morgan fingerprint density at radius 2 is 1.47 bits per heavy atom. The molecule has 2 aromatic rings. The van der Waals surface area contributed by atoms with Crippen LogP contribution in [0.2, 0.25) is 0 Å². The van der Waals surface area contributed by atoms with E-state index in [1.54, 1.807) is 0 Å². The number of hydrogen-bond donors (Lipinski definition) is 0. The van der Waals surface area contributed by atoms with Crippen LogP contribution in [-0.4, -0.2) is 0 Å². The predicted molar refractivity (Wildman–Crippen MR) is 111 cm³/mol. The molecule has 0 aliphatic heterocycles. The van der Waals surface area contributed by atoms with Crippen LogP contribution in [0.4, 0.5) is 26.3 Å². The van der Waals surface area contributed by atoms with E-state index >= 15 is 0 Å². The van der Waals surface area contributed by atoms with Crippen molar-refractivity contribution in [3.8, 4) is 16.9 Å². The Balaban J connectivity index is 1.78. The summed E-state index contributed by atoms with van der Waals surface area (Å²) in [6.45, 7) is 2.17. The van der Waals surface area contributed by atoms with Crippen LogP contribution >= 0.6 is 0 Å². The Morgan fingerprint density at radius 1 is 0.875 bits per heavy atom. The molecule has 0 radical (unpaired) electrons. The van der Waals surface area contributed by atoms with Crippen LogP contribution in [0, 0.1) is 29.2 Å². The summed E-state index contributed by atoms with van der Waals surface area (Å²) in [5.41, 5.74) is -0.406. The van der Waals surface area contributed by atoms with Gasteiger partial charge in [0.05, 0.1) is 5.56 Å². The van der Waals surface area contributed by atoms with Crippen LogP contribution in [0.1, 0.15) is 69.8 Å². The molecule has 3 rings (SSSR count). The highest BCUT2D eigenvalue weighted by Crippen LogP contribution is 2.40. The van der Waals surface area contributed by atoms with Crippen molar-refractivity contribution in [3.63, 3.8) is 0 Å². The fourth-order valence-corrected chi connectivity index (χ4v) is 4.49. The van der Waals surface area contributed by atoms with Crippen LogP contribution in [0.25, 0.3) is 11.1 Å². The topological polar surface area (TPSA) is 9.23 Å². The molecule has 0 spiro atoms. The van der Waals surface area contributed by atoms with Gasteiger partial charge in [0.1, 0.15) is 11.6 Å². The van der Waals surface area contributed by atoms with Crippen molar-refractivity contribution in [2.75, 3.05) is 0 Å². The van der Waals surface area contributed by atoms with Crippen LogP contribution < -0.4 is 4.74 Å². The van der Waals surface area contributed by atoms with Gasteiger partial charge in [-0.3, -0.25) is 0 Å². The zero-order valence-corrected chi connectivity index (χ0v) is 17.9. The van der Waals surface area contributed by atoms with E-state index in [1.807, 2.05) is 0 Å². The van der Waals surface area contributed by atoms with Gasteiger partial charge < -0.3 is 4.74 Å². The van der Waals surface area contributed by atoms with Gasteiger partial charge in [-0.15, -0.1) is 0 Å². The zero-order valence-electron chi connectivity index (χ0n) is 17.9. The van der Waals surface area contributed by atoms with Crippen LogP contribution in [0.3, 0.4) is 0 Å². The second-order valence-corrected chi connectivity index (χ2v) is 8.37. The molecular formula is C25H26F6O. The maximum atomic E-state index is 14.8. The molecule has 1 nitrogen and oxygen atoms in total. The molecule has 0 saturated heterocycles. The molecule has 0 unspecified atom stereocenters. The van der Waals surface area contributed by atoms with Gasteiger partial charge >= 0.3 is 6.08 Å². The first-order valence-corrected chi connectivity index (χ1v) is 11.0. The van der Waals surface area contributed by atoms with E-state index in [0.29, 0.717) is 23.6 Å².